The first kappa shape index (κ1) is 22.1. The first-order valence-corrected chi connectivity index (χ1v) is 10.9. The fourth-order valence-electron chi connectivity index (χ4n) is 4.29. The van der Waals surface area contributed by atoms with Crippen molar-refractivity contribution < 1.29 is 18.3 Å². The number of rotatable bonds is 7. The predicted molar refractivity (Wildman–Crippen MR) is 119 cm³/mol. The van der Waals surface area contributed by atoms with Crippen LogP contribution in [0.3, 0.4) is 0 Å². The van der Waals surface area contributed by atoms with Crippen LogP contribution in [0.4, 0.5) is 8.78 Å². The van der Waals surface area contributed by atoms with Crippen molar-refractivity contribution in [3.63, 3.8) is 0 Å². The van der Waals surface area contributed by atoms with Crippen LogP contribution in [0.5, 0.6) is 0 Å². The summed E-state index contributed by atoms with van der Waals surface area (Å²) in [6.45, 7) is 1.58. The Hall–Kier alpha value is -3.12. The summed E-state index contributed by atoms with van der Waals surface area (Å²) in [5, 5.41) is 3.11. The van der Waals surface area contributed by atoms with Gasteiger partial charge >= 0.3 is 0 Å². The van der Waals surface area contributed by atoms with Gasteiger partial charge in [-0.05, 0) is 72.2 Å². The minimum Gasteiger partial charge on any atom is -0.381 e. The zero-order valence-corrected chi connectivity index (χ0v) is 17.8. The molecule has 1 amide bonds. The lowest BCUT2D eigenvalue weighted by Gasteiger charge is -2.36. The van der Waals surface area contributed by atoms with Gasteiger partial charge < -0.3 is 10.1 Å². The highest BCUT2D eigenvalue weighted by atomic mass is 19.2. The van der Waals surface area contributed by atoms with E-state index in [2.05, 4.69) is 10.3 Å². The van der Waals surface area contributed by atoms with E-state index in [1.807, 2.05) is 36.4 Å². The predicted octanol–water partition coefficient (Wildman–Crippen LogP) is 4.73. The maximum Gasteiger partial charge on any atom is 0.226 e. The van der Waals surface area contributed by atoms with E-state index in [0.29, 0.717) is 44.6 Å². The van der Waals surface area contributed by atoms with Crippen LogP contribution in [0, 0.1) is 17.0 Å². The molecule has 2 heterocycles. The second-order valence-corrected chi connectivity index (χ2v) is 8.22. The van der Waals surface area contributed by atoms with Crippen LogP contribution in [0.1, 0.15) is 24.0 Å². The van der Waals surface area contributed by atoms with Crippen molar-refractivity contribution in [1.29, 1.82) is 0 Å². The molecule has 1 aliphatic rings. The Morgan fingerprint density at radius 2 is 1.75 bits per heavy atom. The number of nitrogens with zero attached hydrogens (tertiary/aromatic N) is 1. The van der Waals surface area contributed by atoms with Crippen molar-refractivity contribution in [3.05, 3.63) is 89.8 Å². The monoisotopic (exact) mass is 436 g/mol. The molecule has 3 aromatic rings. The molecule has 1 fully saturated rings. The Morgan fingerprint density at radius 1 is 1.00 bits per heavy atom. The number of ether oxygens (including phenoxy) is 1. The highest BCUT2D eigenvalue weighted by Crippen LogP contribution is 2.38. The van der Waals surface area contributed by atoms with Crippen molar-refractivity contribution in [2.75, 3.05) is 19.8 Å². The molecule has 32 heavy (non-hydrogen) atoms. The molecule has 1 aromatic heterocycles. The summed E-state index contributed by atoms with van der Waals surface area (Å²) in [6.07, 6.45) is 5.94. The number of carbonyl (C=O) groups excluding carboxylic acids is 1. The quantitative estimate of drug-likeness (QED) is 0.583. The molecular formula is C26H26F2N2O2. The van der Waals surface area contributed by atoms with Gasteiger partial charge in [0.1, 0.15) is 0 Å². The summed E-state index contributed by atoms with van der Waals surface area (Å²) >= 11 is 0. The number of amides is 1. The van der Waals surface area contributed by atoms with E-state index in [-0.39, 0.29) is 5.91 Å². The van der Waals surface area contributed by atoms with E-state index < -0.39 is 17.0 Å². The molecule has 0 unspecified atom stereocenters. The number of hydrogen-bond acceptors (Lipinski definition) is 3. The van der Waals surface area contributed by atoms with Gasteiger partial charge in [0.15, 0.2) is 11.6 Å². The van der Waals surface area contributed by atoms with E-state index in [4.69, 9.17) is 4.74 Å². The van der Waals surface area contributed by atoms with Crippen molar-refractivity contribution in [2.45, 2.75) is 25.7 Å². The molecule has 0 spiro atoms. The van der Waals surface area contributed by atoms with Crippen molar-refractivity contribution in [3.8, 4) is 11.1 Å². The molecule has 0 saturated carbocycles. The van der Waals surface area contributed by atoms with Crippen LogP contribution < -0.4 is 5.32 Å². The molecule has 1 aliphatic heterocycles. The Kier molecular flexibility index (Phi) is 6.90. The summed E-state index contributed by atoms with van der Waals surface area (Å²) in [6, 6.07) is 15.4. The molecular weight excluding hydrogens is 410 g/mol. The van der Waals surface area contributed by atoms with E-state index >= 15 is 0 Å². The van der Waals surface area contributed by atoms with Gasteiger partial charge in [-0.3, -0.25) is 9.78 Å². The van der Waals surface area contributed by atoms with Crippen LogP contribution in [0.2, 0.25) is 0 Å². The number of aromatic nitrogens is 1. The van der Waals surface area contributed by atoms with E-state index in [0.717, 1.165) is 29.2 Å². The standard InChI is InChI=1S/C26H26F2N2O2/c27-23-6-5-20(17-24(23)28)22-4-2-1-3-21(22)18-26(10-15-32-16-11-26)25(31)30-14-9-19-7-12-29-13-8-19/h1-8,12-13,17H,9-11,14-16,18H2,(H,30,31). The molecule has 4 rings (SSSR count). The van der Waals surface area contributed by atoms with Crippen molar-refractivity contribution in [2.24, 2.45) is 5.41 Å². The van der Waals surface area contributed by atoms with Gasteiger partial charge in [0, 0.05) is 32.2 Å². The average Bonchev–Trinajstić information content (AvgIpc) is 2.82. The van der Waals surface area contributed by atoms with Gasteiger partial charge in [0.05, 0.1) is 5.41 Å². The van der Waals surface area contributed by atoms with Gasteiger partial charge in [0.25, 0.3) is 0 Å². The first-order valence-electron chi connectivity index (χ1n) is 10.9. The summed E-state index contributed by atoms with van der Waals surface area (Å²) in [5.74, 6) is -1.75. The molecule has 166 valence electrons. The lowest BCUT2D eigenvalue weighted by molar-refractivity contribution is -0.136. The maximum absolute atomic E-state index is 13.9. The second-order valence-electron chi connectivity index (χ2n) is 8.22. The normalized spacial score (nSPS) is 15.3. The van der Waals surface area contributed by atoms with Crippen LogP contribution in [-0.2, 0) is 22.4 Å². The molecule has 2 aromatic carbocycles. The Balaban J connectivity index is 1.55. The smallest absolute Gasteiger partial charge is 0.226 e. The van der Waals surface area contributed by atoms with Crippen LogP contribution >= 0.6 is 0 Å². The third-order valence-electron chi connectivity index (χ3n) is 6.16. The number of halogens is 2. The number of nitrogens with one attached hydrogen (secondary N) is 1. The van der Waals surface area contributed by atoms with Gasteiger partial charge in [-0.2, -0.15) is 0 Å². The Labute approximate surface area is 186 Å². The molecule has 0 radical (unpaired) electrons. The minimum absolute atomic E-state index is 0.00921. The van der Waals surface area contributed by atoms with Crippen LogP contribution in [-0.4, -0.2) is 30.6 Å². The third kappa shape index (κ3) is 5.02. The van der Waals surface area contributed by atoms with Gasteiger partial charge in [-0.15, -0.1) is 0 Å². The Morgan fingerprint density at radius 3 is 2.50 bits per heavy atom. The van der Waals surface area contributed by atoms with Crippen molar-refractivity contribution >= 4 is 5.91 Å². The fraction of sp³-hybridized carbons (Fsp3) is 0.308. The molecule has 0 atom stereocenters. The molecule has 1 N–H and O–H groups in total. The molecule has 0 bridgehead atoms. The summed E-state index contributed by atoms with van der Waals surface area (Å²) in [7, 11) is 0. The van der Waals surface area contributed by atoms with E-state index in [9.17, 15) is 13.6 Å². The zero-order valence-electron chi connectivity index (χ0n) is 17.8. The number of pyridine rings is 1. The van der Waals surface area contributed by atoms with Crippen LogP contribution in [0.25, 0.3) is 11.1 Å². The zero-order chi connectivity index (χ0) is 22.4. The molecule has 1 saturated heterocycles. The fourth-order valence-corrected chi connectivity index (χ4v) is 4.29. The molecule has 6 heteroatoms. The highest BCUT2D eigenvalue weighted by Gasteiger charge is 2.40. The highest BCUT2D eigenvalue weighted by molar-refractivity contribution is 5.83. The third-order valence-corrected chi connectivity index (χ3v) is 6.16. The topological polar surface area (TPSA) is 51.2 Å². The SMILES string of the molecule is O=C(NCCc1ccncc1)C1(Cc2ccccc2-c2ccc(F)c(F)c2)CCOCC1. The maximum atomic E-state index is 13.9. The van der Waals surface area contributed by atoms with E-state index in [1.54, 1.807) is 18.5 Å². The Bertz CT molecular complexity index is 1070. The number of benzene rings is 2. The molecule has 0 aliphatic carbocycles. The van der Waals surface area contributed by atoms with Gasteiger partial charge in [-0.1, -0.05) is 30.3 Å². The summed E-state index contributed by atoms with van der Waals surface area (Å²) in [5.41, 5.74) is 2.85. The lowest BCUT2D eigenvalue weighted by Crippen LogP contribution is -2.46. The number of carbonyl (C=O) groups is 1. The second kappa shape index (κ2) is 10.0. The summed E-state index contributed by atoms with van der Waals surface area (Å²) in [4.78, 5) is 17.4. The van der Waals surface area contributed by atoms with Gasteiger partial charge in [0.2, 0.25) is 5.91 Å². The van der Waals surface area contributed by atoms with Gasteiger partial charge in [-0.25, -0.2) is 8.78 Å². The minimum atomic E-state index is -0.882. The molecule has 4 nitrogen and oxygen atoms in total. The average molecular weight is 437 g/mol. The van der Waals surface area contributed by atoms with E-state index in [1.165, 1.54) is 6.07 Å². The number of hydrogen-bond donors (Lipinski definition) is 1. The van der Waals surface area contributed by atoms with Crippen LogP contribution in [0.15, 0.2) is 67.0 Å². The lowest BCUT2D eigenvalue weighted by atomic mass is 9.73. The largest absolute Gasteiger partial charge is 0.381 e. The van der Waals surface area contributed by atoms with Crippen molar-refractivity contribution in [1.82, 2.24) is 10.3 Å². The first-order chi connectivity index (χ1) is 15.6. The summed E-state index contributed by atoms with van der Waals surface area (Å²) < 4.78 is 32.9.